The average molecular weight is 710 g/mol. The molecule has 0 saturated carbocycles. The summed E-state index contributed by atoms with van der Waals surface area (Å²) in [6.07, 6.45) is 0. The first kappa shape index (κ1) is 31.2. The van der Waals surface area contributed by atoms with Crippen LogP contribution in [-0.2, 0) is 5.41 Å². The minimum atomic E-state index is -0.404. The highest BCUT2D eigenvalue weighted by molar-refractivity contribution is 6.11. The van der Waals surface area contributed by atoms with E-state index in [2.05, 4.69) is 217 Å². The van der Waals surface area contributed by atoms with Crippen LogP contribution in [0.4, 0.5) is 17.1 Å². The van der Waals surface area contributed by atoms with Crippen molar-refractivity contribution in [2.75, 3.05) is 4.90 Å². The number of benzene rings is 10. The summed E-state index contributed by atoms with van der Waals surface area (Å²) >= 11 is 0. The zero-order valence-electron chi connectivity index (χ0n) is 30.7. The Labute approximate surface area is 326 Å². The van der Waals surface area contributed by atoms with Crippen molar-refractivity contribution < 1.29 is 0 Å². The molecule has 0 bridgehead atoms. The molecule has 0 amide bonds. The molecule has 0 heterocycles. The smallest absolute Gasteiger partial charge is 0.0725 e. The molecule has 0 saturated heterocycles. The quantitative estimate of drug-likeness (QED) is 0.176. The van der Waals surface area contributed by atoms with E-state index in [9.17, 15) is 0 Å². The predicted octanol–water partition coefficient (Wildman–Crippen LogP) is 14.6. The van der Waals surface area contributed by atoms with E-state index in [1.807, 2.05) is 0 Å². The molecule has 2 aliphatic carbocycles. The molecule has 12 rings (SSSR count). The van der Waals surface area contributed by atoms with Crippen molar-refractivity contribution in [3.63, 3.8) is 0 Å². The first-order valence-corrected chi connectivity index (χ1v) is 19.5. The molecule has 1 heteroatoms. The van der Waals surface area contributed by atoms with Crippen LogP contribution in [0.15, 0.2) is 212 Å². The van der Waals surface area contributed by atoms with Crippen molar-refractivity contribution in [2.45, 2.75) is 5.41 Å². The van der Waals surface area contributed by atoms with E-state index in [1.54, 1.807) is 0 Å². The second kappa shape index (κ2) is 11.9. The first-order valence-electron chi connectivity index (χ1n) is 19.5. The molecule has 1 nitrogen and oxygen atoms in total. The zero-order valence-corrected chi connectivity index (χ0v) is 30.7. The van der Waals surface area contributed by atoms with Crippen molar-refractivity contribution in [3.8, 4) is 33.4 Å². The van der Waals surface area contributed by atoms with Gasteiger partial charge in [-0.2, -0.15) is 0 Å². The van der Waals surface area contributed by atoms with Crippen LogP contribution in [0.3, 0.4) is 0 Å². The van der Waals surface area contributed by atoms with E-state index in [0.717, 1.165) is 17.1 Å². The van der Waals surface area contributed by atoms with E-state index in [-0.39, 0.29) is 0 Å². The number of hydrogen-bond donors (Lipinski definition) is 0. The minimum Gasteiger partial charge on any atom is -0.310 e. The van der Waals surface area contributed by atoms with Crippen molar-refractivity contribution in [1.29, 1.82) is 0 Å². The minimum absolute atomic E-state index is 0.404. The van der Waals surface area contributed by atoms with Gasteiger partial charge in [0.25, 0.3) is 0 Å². The van der Waals surface area contributed by atoms with Crippen molar-refractivity contribution in [3.05, 3.63) is 235 Å². The molecule has 0 aliphatic heterocycles. The lowest BCUT2D eigenvalue weighted by Crippen LogP contribution is -2.25. The van der Waals surface area contributed by atoms with E-state index < -0.39 is 5.41 Å². The third-order valence-electron chi connectivity index (χ3n) is 12.4. The second-order valence-electron chi connectivity index (χ2n) is 15.2. The zero-order chi connectivity index (χ0) is 36.8. The Morgan fingerprint density at radius 1 is 0.304 bits per heavy atom. The summed E-state index contributed by atoms with van der Waals surface area (Å²) in [5.41, 5.74) is 16.3. The first-order chi connectivity index (χ1) is 27.8. The van der Waals surface area contributed by atoms with Crippen molar-refractivity contribution >= 4 is 49.4 Å². The SMILES string of the molecule is c1ccc2c(c1)-c1ccccc1C21c2ccccc2-c2c1cc(-c1ccc(N(c3ccc4ccccc4c3)c3cccc4ccccc34)cc1)c1ccccc21. The van der Waals surface area contributed by atoms with Gasteiger partial charge in [-0.05, 0) is 119 Å². The summed E-state index contributed by atoms with van der Waals surface area (Å²) in [5, 5.41) is 7.47. The van der Waals surface area contributed by atoms with Crippen LogP contribution in [0.5, 0.6) is 0 Å². The highest BCUT2D eigenvalue weighted by atomic mass is 15.1. The van der Waals surface area contributed by atoms with Crippen LogP contribution in [0.1, 0.15) is 22.3 Å². The Morgan fingerprint density at radius 3 is 1.57 bits per heavy atom. The van der Waals surface area contributed by atoms with Crippen LogP contribution in [0.25, 0.3) is 65.7 Å². The fourth-order valence-corrected chi connectivity index (χ4v) is 10.1. The maximum absolute atomic E-state index is 2.53. The molecule has 0 unspecified atom stereocenters. The van der Waals surface area contributed by atoms with Gasteiger partial charge in [0.15, 0.2) is 0 Å². The predicted molar refractivity (Wildman–Crippen MR) is 235 cm³/mol. The molecule has 0 radical (unpaired) electrons. The van der Waals surface area contributed by atoms with Crippen molar-refractivity contribution in [2.24, 2.45) is 0 Å². The molecule has 10 aromatic rings. The van der Waals surface area contributed by atoms with Gasteiger partial charge in [0.2, 0.25) is 0 Å². The van der Waals surface area contributed by atoms with Crippen LogP contribution < -0.4 is 4.90 Å². The highest BCUT2D eigenvalue weighted by Crippen LogP contribution is 2.64. The van der Waals surface area contributed by atoms with E-state index in [4.69, 9.17) is 0 Å². The van der Waals surface area contributed by atoms with Crippen LogP contribution in [-0.4, -0.2) is 0 Å². The largest absolute Gasteiger partial charge is 0.310 e. The molecule has 260 valence electrons. The fourth-order valence-electron chi connectivity index (χ4n) is 10.1. The van der Waals surface area contributed by atoms with Crippen LogP contribution in [0.2, 0.25) is 0 Å². The molecule has 0 atom stereocenters. The Bertz CT molecular complexity index is 3160. The summed E-state index contributed by atoms with van der Waals surface area (Å²) in [7, 11) is 0. The number of fused-ring (bicyclic) bond motifs is 14. The summed E-state index contributed by atoms with van der Waals surface area (Å²) in [6, 6.07) is 78.8. The number of anilines is 3. The number of rotatable bonds is 4. The molecular formula is C55H35N. The molecule has 0 fully saturated rings. The summed E-state index contributed by atoms with van der Waals surface area (Å²) in [4.78, 5) is 2.41. The Morgan fingerprint density at radius 2 is 0.839 bits per heavy atom. The van der Waals surface area contributed by atoms with Crippen LogP contribution >= 0.6 is 0 Å². The molecule has 2 aliphatic rings. The highest BCUT2D eigenvalue weighted by Gasteiger charge is 2.52. The molecule has 56 heavy (non-hydrogen) atoms. The lowest BCUT2D eigenvalue weighted by molar-refractivity contribution is 0.794. The summed E-state index contributed by atoms with van der Waals surface area (Å²) < 4.78 is 0. The maximum atomic E-state index is 2.53. The van der Waals surface area contributed by atoms with Crippen LogP contribution in [0, 0.1) is 0 Å². The molecule has 0 N–H and O–H groups in total. The Hall–Kier alpha value is -7.22. The molecular weight excluding hydrogens is 675 g/mol. The lowest BCUT2D eigenvalue weighted by Gasteiger charge is -2.31. The van der Waals surface area contributed by atoms with Gasteiger partial charge in [-0.3, -0.25) is 0 Å². The standard InChI is InChI=1S/C55H35N/c1-2-16-39-34-41(33-28-36(39)14-1)56(53-27-13-17-37-15-3-4-18-42(37)53)40-31-29-38(30-32-40)48-35-52-54(46-22-6-5-19-43(46)48)47-23-9-12-26-51(47)55(52)49-24-10-7-20-44(49)45-21-8-11-25-50(45)55/h1-35H. The second-order valence-corrected chi connectivity index (χ2v) is 15.2. The topological polar surface area (TPSA) is 3.24 Å². The Kier molecular flexibility index (Phi) is 6.62. The molecule has 1 spiro atoms. The molecule has 0 aromatic heterocycles. The lowest BCUT2D eigenvalue weighted by atomic mass is 9.70. The van der Waals surface area contributed by atoms with E-state index >= 15 is 0 Å². The molecule has 10 aromatic carbocycles. The van der Waals surface area contributed by atoms with Gasteiger partial charge in [-0.15, -0.1) is 0 Å². The van der Waals surface area contributed by atoms with E-state index in [1.165, 1.54) is 88.0 Å². The monoisotopic (exact) mass is 709 g/mol. The van der Waals surface area contributed by atoms with Gasteiger partial charge in [0, 0.05) is 16.8 Å². The normalized spacial score (nSPS) is 13.1. The number of nitrogens with zero attached hydrogens (tertiary/aromatic N) is 1. The third-order valence-corrected chi connectivity index (χ3v) is 12.4. The third kappa shape index (κ3) is 4.26. The Balaban J connectivity index is 1.09. The van der Waals surface area contributed by atoms with Gasteiger partial charge in [0.05, 0.1) is 11.1 Å². The maximum Gasteiger partial charge on any atom is 0.0725 e. The van der Waals surface area contributed by atoms with Gasteiger partial charge in [-0.1, -0.05) is 176 Å². The summed E-state index contributed by atoms with van der Waals surface area (Å²) in [5.74, 6) is 0. The average Bonchev–Trinajstić information content (AvgIpc) is 3.74. The van der Waals surface area contributed by atoms with Gasteiger partial charge in [0.1, 0.15) is 0 Å². The van der Waals surface area contributed by atoms with Gasteiger partial charge < -0.3 is 4.90 Å². The van der Waals surface area contributed by atoms with Gasteiger partial charge >= 0.3 is 0 Å². The fraction of sp³-hybridized carbons (Fsp3) is 0.0182. The van der Waals surface area contributed by atoms with Crippen molar-refractivity contribution in [1.82, 2.24) is 0 Å². The van der Waals surface area contributed by atoms with E-state index in [0.29, 0.717) is 0 Å². The van der Waals surface area contributed by atoms with Gasteiger partial charge in [-0.25, -0.2) is 0 Å². The number of hydrogen-bond acceptors (Lipinski definition) is 1. The summed E-state index contributed by atoms with van der Waals surface area (Å²) in [6.45, 7) is 0.